The molecule has 1 heterocycles. The first kappa shape index (κ1) is 19.5. The van der Waals surface area contributed by atoms with Crippen LogP contribution in [0.2, 0.25) is 0 Å². The quantitative estimate of drug-likeness (QED) is 0.803. The maximum atomic E-state index is 12.8. The monoisotopic (exact) mass is 363 g/mol. The summed E-state index contributed by atoms with van der Waals surface area (Å²) in [5.74, 6) is 1.32. The molecular weight excluding hydrogens is 326 g/mol. The Balaban J connectivity index is 1.49. The summed E-state index contributed by atoms with van der Waals surface area (Å²) in [7, 11) is 0. The summed E-state index contributed by atoms with van der Waals surface area (Å²) >= 11 is 0. The lowest BCUT2D eigenvalue weighted by molar-refractivity contribution is -0.127. The number of rotatable bonds is 3. The number of piperidine rings is 1. The lowest BCUT2D eigenvalue weighted by Crippen LogP contribution is -2.53. The third-order valence-corrected chi connectivity index (χ3v) is 7.05. The van der Waals surface area contributed by atoms with Gasteiger partial charge in [-0.25, -0.2) is 4.79 Å². The Hall–Kier alpha value is -1.26. The normalized spacial score (nSPS) is 33.5. The van der Waals surface area contributed by atoms with Gasteiger partial charge in [0.05, 0.1) is 5.92 Å². The fourth-order valence-electron chi connectivity index (χ4n) is 4.98. The van der Waals surface area contributed by atoms with Gasteiger partial charge < -0.3 is 15.5 Å². The molecule has 26 heavy (non-hydrogen) atoms. The average Bonchev–Trinajstić information content (AvgIpc) is 2.66. The minimum absolute atomic E-state index is 0.0334. The second kappa shape index (κ2) is 9.09. The van der Waals surface area contributed by atoms with Crippen molar-refractivity contribution in [2.24, 2.45) is 17.8 Å². The first-order chi connectivity index (χ1) is 12.5. The van der Waals surface area contributed by atoms with Crippen LogP contribution >= 0.6 is 0 Å². The number of hydrogen-bond acceptors (Lipinski definition) is 2. The van der Waals surface area contributed by atoms with Crippen LogP contribution in [-0.4, -0.2) is 42.0 Å². The lowest BCUT2D eigenvalue weighted by atomic mass is 9.78. The van der Waals surface area contributed by atoms with Crippen molar-refractivity contribution in [3.63, 3.8) is 0 Å². The molecule has 5 nitrogen and oxygen atoms in total. The molecule has 3 rings (SSSR count). The summed E-state index contributed by atoms with van der Waals surface area (Å²) in [6.07, 6.45) is 11.3. The fourth-order valence-corrected chi connectivity index (χ4v) is 4.98. The molecule has 4 unspecified atom stereocenters. The van der Waals surface area contributed by atoms with Gasteiger partial charge in [-0.1, -0.05) is 46.0 Å². The zero-order valence-electron chi connectivity index (χ0n) is 16.6. The second-order valence-corrected chi connectivity index (χ2v) is 8.95. The number of nitrogens with zero attached hydrogens (tertiary/aromatic N) is 1. The highest BCUT2D eigenvalue weighted by atomic mass is 16.2. The molecule has 1 aliphatic heterocycles. The number of carbonyl (C=O) groups is 2. The Morgan fingerprint density at radius 1 is 0.846 bits per heavy atom. The summed E-state index contributed by atoms with van der Waals surface area (Å²) in [4.78, 5) is 27.3. The fraction of sp³-hybridized carbons (Fsp3) is 0.905. The van der Waals surface area contributed by atoms with Gasteiger partial charge in [0, 0.05) is 25.2 Å². The van der Waals surface area contributed by atoms with Crippen molar-refractivity contribution in [1.82, 2.24) is 15.5 Å². The summed E-state index contributed by atoms with van der Waals surface area (Å²) in [5, 5.41) is 6.51. The van der Waals surface area contributed by atoms with Crippen molar-refractivity contribution in [2.75, 3.05) is 13.1 Å². The summed E-state index contributed by atoms with van der Waals surface area (Å²) in [6, 6.07) is 0.666. The highest BCUT2D eigenvalue weighted by Gasteiger charge is 2.33. The molecule has 0 aromatic carbocycles. The third-order valence-electron chi connectivity index (χ3n) is 7.05. The van der Waals surface area contributed by atoms with Crippen LogP contribution in [0.5, 0.6) is 0 Å². The van der Waals surface area contributed by atoms with E-state index in [4.69, 9.17) is 0 Å². The summed E-state index contributed by atoms with van der Waals surface area (Å²) in [6.45, 7) is 5.89. The molecule has 3 amide bonds. The SMILES string of the molecule is CC1CCCC(NC(=O)N2CCCC(C(=O)NC3CCCCC3)C2)C1C. The molecule has 0 aromatic rings. The van der Waals surface area contributed by atoms with Gasteiger partial charge >= 0.3 is 6.03 Å². The van der Waals surface area contributed by atoms with Crippen molar-refractivity contribution in [3.05, 3.63) is 0 Å². The van der Waals surface area contributed by atoms with Gasteiger partial charge in [0.25, 0.3) is 0 Å². The first-order valence-electron chi connectivity index (χ1n) is 10.9. The van der Waals surface area contributed by atoms with E-state index in [1.807, 2.05) is 4.90 Å². The second-order valence-electron chi connectivity index (χ2n) is 8.95. The molecule has 0 aromatic heterocycles. The Bertz CT molecular complexity index is 490. The Labute approximate surface area is 158 Å². The summed E-state index contributed by atoms with van der Waals surface area (Å²) < 4.78 is 0. The Morgan fingerprint density at radius 2 is 1.62 bits per heavy atom. The number of likely N-dealkylation sites (tertiary alicyclic amines) is 1. The first-order valence-corrected chi connectivity index (χ1v) is 10.9. The van der Waals surface area contributed by atoms with E-state index in [9.17, 15) is 9.59 Å². The molecule has 2 aliphatic carbocycles. The van der Waals surface area contributed by atoms with Gasteiger partial charge in [-0.15, -0.1) is 0 Å². The number of urea groups is 1. The minimum Gasteiger partial charge on any atom is -0.353 e. The van der Waals surface area contributed by atoms with Gasteiger partial charge in [0.15, 0.2) is 0 Å². The standard InChI is InChI=1S/C21H37N3O2/c1-15-8-6-12-19(16(15)2)23-21(26)24-13-7-9-17(14-24)20(25)22-18-10-4-3-5-11-18/h15-19H,3-14H2,1-2H3,(H,22,25)(H,23,26). The van der Waals surface area contributed by atoms with Crippen LogP contribution in [0.1, 0.15) is 78.1 Å². The van der Waals surface area contributed by atoms with Crippen LogP contribution in [0.3, 0.4) is 0 Å². The average molecular weight is 364 g/mol. The molecule has 4 atom stereocenters. The molecule has 148 valence electrons. The van der Waals surface area contributed by atoms with Crippen LogP contribution in [0.25, 0.3) is 0 Å². The molecule has 2 N–H and O–H groups in total. The zero-order chi connectivity index (χ0) is 18.5. The van der Waals surface area contributed by atoms with E-state index in [-0.39, 0.29) is 23.9 Å². The van der Waals surface area contributed by atoms with E-state index < -0.39 is 0 Å². The van der Waals surface area contributed by atoms with Crippen LogP contribution < -0.4 is 10.6 Å². The van der Waals surface area contributed by atoms with Gasteiger partial charge in [0.1, 0.15) is 0 Å². The highest BCUT2D eigenvalue weighted by molar-refractivity contribution is 5.81. The van der Waals surface area contributed by atoms with Gasteiger partial charge in [-0.3, -0.25) is 4.79 Å². The van der Waals surface area contributed by atoms with Gasteiger partial charge in [-0.2, -0.15) is 0 Å². The largest absolute Gasteiger partial charge is 0.353 e. The van der Waals surface area contributed by atoms with Crippen LogP contribution in [0, 0.1) is 17.8 Å². The Morgan fingerprint density at radius 3 is 2.38 bits per heavy atom. The van der Waals surface area contributed by atoms with Crippen LogP contribution in [0.15, 0.2) is 0 Å². The molecule has 1 saturated heterocycles. The molecule has 3 fully saturated rings. The number of amides is 3. The van der Waals surface area contributed by atoms with E-state index in [1.165, 1.54) is 32.1 Å². The molecule has 0 spiro atoms. The molecule has 3 aliphatic rings. The maximum absolute atomic E-state index is 12.8. The predicted molar refractivity (Wildman–Crippen MR) is 104 cm³/mol. The number of carbonyl (C=O) groups excluding carboxylic acids is 2. The van der Waals surface area contributed by atoms with Crippen LogP contribution in [0.4, 0.5) is 4.79 Å². The molecule has 5 heteroatoms. The number of nitrogens with one attached hydrogen (secondary N) is 2. The summed E-state index contributed by atoms with van der Waals surface area (Å²) in [5.41, 5.74) is 0. The van der Waals surface area contributed by atoms with Crippen molar-refractivity contribution in [1.29, 1.82) is 0 Å². The zero-order valence-corrected chi connectivity index (χ0v) is 16.6. The topological polar surface area (TPSA) is 61.4 Å². The van der Waals surface area contributed by atoms with E-state index >= 15 is 0 Å². The molecular formula is C21H37N3O2. The van der Waals surface area contributed by atoms with Crippen molar-refractivity contribution < 1.29 is 9.59 Å². The smallest absolute Gasteiger partial charge is 0.317 e. The third kappa shape index (κ3) is 4.92. The van der Waals surface area contributed by atoms with Gasteiger partial charge in [0.2, 0.25) is 5.91 Å². The van der Waals surface area contributed by atoms with Crippen molar-refractivity contribution in [2.45, 2.75) is 90.1 Å². The molecule has 0 radical (unpaired) electrons. The molecule has 0 bridgehead atoms. The molecule has 2 saturated carbocycles. The Kier molecular flexibility index (Phi) is 6.82. The van der Waals surface area contributed by atoms with Crippen molar-refractivity contribution >= 4 is 11.9 Å². The highest BCUT2D eigenvalue weighted by Crippen LogP contribution is 2.30. The van der Waals surface area contributed by atoms with E-state index in [2.05, 4.69) is 24.5 Å². The van der Waals surface area contributed by atoms with E-state index in [0.29, 0.717) is 24.4 Å². The van der Waals surface area contributed by atoms with E-state index in [0.717, 1.165) is 38.6 Å². The van der Waals surface area contributed by atoms with Crippen molar-refractivity contribution in [3.8, 4) is 0 Å². The lowest BCUT2D eigenvalue weighted by Gasteiger charge is -2.38. The minimum atomic E-state index is -0.0425. The maximum Gasteiger partial charge on any atom is 0.317 e. The predicted octanol–water partition coefficient (Wildman–Crippen LogP) is 3.68. The number of hydrogen-bond donors (Lipinski definition) is 2. The van der Waals surface area contributed by atoms with Crippen LogP contribution in [-0.2, 0) is 4.79 Å². The van der Waals surface area contributed by atoms with E-state index in [1.54, 1.807) is 0 Å². The van der Waals surface area contributed by atoms with Gasteiger partial charge in [-0.05, 0) is 43.9 Å².